The van der Waals surface area contributed by atoms with Gasteiger partial charge >= 0.3 is 0 Å². The van der Waals surface area contributed by atoms with Gasteiger partial charge < -0.3 is 9.80 Å². The number of thiophene rings is 1. The molecule has 0 aliphatic carbocycles. The van der Waals surface area contributed by atoms with E-state index in [0.29, 0.717) is 6.54 Å². The Morgan fingerprint density at radius 2 is 2.00 bits per heavy atom. The summed E-state index contributed by atoms with van der Waals surface area (Å²) in [5.74, 6) is 0.214. The summed E-state index contributed by atoms with van der Waals surface area (Å²) >= 11 is 1.75. The van der Waals surface area contributed by atoms with Gasteiger partial charge in [0.25, 0.3) is 0 Å². The van der Waals surface area contributed by atoms with Crippen LogP contribution in [0.25, 0.3) is 10.8 Å². The van der Waals surface area contributed by atoms with Crippen molar-refractivity contribution in [2.45, 2.75) is 18.9 Å². The maximum atomic E-state index is 12.9. The Morgan fingerprint density at radius 1 is 1.16 bits per heavy atom. The lowest BCUT2D eigenvalue weighted by Gasteiger charge is -2.27. The molecule has 2 aromatic carbocycles. The van der Waals surface area contributed by atoms with Crippen molar-refractivity contribution in [3.05, 3.63) is 64.9 Å². The first-order chi connectivity index (χ1) is 12.2. The Kier molecular flexibility index (Phi) is 4.45. The molecular formula is C21H22N2OS. The van der Waals surface area contributed by atoms with Crippen LogP contribution in [0, 0.1) is 0 Å². The van der Waals surface area contributed by atoms with Gasteiger partial charge in [0, 0.05) is 24.2 Å². The molecule has 0 spiro atoms. The number of carbonyl (C=O) groups excluding carboxylic acids is 1. The lowest BCUT2D eigenvalue weighted by Crippen LogP contribution is -2.38. The standard InChI is InChI=1S/C21H22N2OS/c1-22(18-11-10-16-6-2-3-7-17(16)14-18)15-21(24)23-12-4-8-19(23)20-9-5-13-25-20/h2-3,5-7,9-11,13-14,19H,4,8,12,15H2,1H3. The van der Waals surface area contributed by atoms with Crippen molar-refractivity contribution in [2.24, 2.45) is 0 Å². The first kappa shape index (κ1) is 16.2. The maximum absolute atomic E-state index is 12.9. The van der Waals surface area contributed by atoms with E-state index in [9.17, 15) is 4.79 Å². The zero-order valence-electron chi connectivity index (χ0n) is 14.4. The Labute approximate surface area is 152 Å². The largest absolute Gasteiger partial charge is 0.365 e. The van der Waals surface area contributed by atoms with Crippen LogP contribution in [0.4, 0.5) is 5.69 Å². The highest BCUT2D eigenvalue weighted by molar-refractivity contribution is 7.10. The van der Waals surface area contributed by atoms with E-state index < -0.39 is 0 Å². The molecule has 1 fully saturated rings. The average Bonchev–Trinajstić information content (AvgIpc) is 3.32. The predicted molar refractivity (Wildman–Crippen MR) is 105 cm³/mol. The third kappa shape index (κ3) is 3.27. The molecule has 1 saturated heterocycles. The summed E-state index contributed by atoms with van der Waals surface area (Å²) in [6.45, 7) is 1.28. The van der Waals surface area contributed by atoms with Crippen molar-refractivity contribution in [2.75, 3.05) is 25.0 Å². The fourth-order valence-electron chi connectivity index (χ4n) is 3.64. The number of carbonyl (C=O) groups is 1. The molecule has 1 atom stereocenters. The normalized spacial score (nSPS) is 17.2. The van der Waals surface area contributed by atoms with Gasteiger partial charge in [0.05, 0.1) is 12.6 Å². The number of hydrogen-bond donors (Lipinski definition) is 0. The Balaban J connectivity index is 1.49. The lowest BCUT2D eigenvalue weighted by molar-refractivity contribution is -0.130. The summed E-state index contributed by atoms with van der Waals surface area (Å²) in [6, 6.07) is 19.2. The van der Waals surface area contributed by atoms with Gasteiger partial charge in [-0.15, -0.1) is 11.3 Å². The molecule has 2 heterocycles. The quantitative estimate of drug-likeness (QED) is 0.681. The van der Waals surface area contributed by atoms with E-state index in [0.717, 1.165) is 25.1 Å². The molecule has 4 heteroatoms. The molecule has 1 aromatic heterocycles. The summed E-state index contributed by atoms with van der Waals surface area (Å²) in [7, 11) is 2.00. The second-order valence-electron chi connectivity index (χ2n) is 6.65. The maximum Gasteiger partial charge on any atom is 0.242 e. The highest BCUT2D eigenvalue weighted by atomic mass is 32.1. The van der Waals surface area contributed by atoms with Crippen LogP contribution in [0.2, 0.25) is 0 Å². The summed E-state index contributed by atoms with van der Waals surface area (Å²) in [4.78, 5) is 18.3. The average molecular weight is 350 g/mol. The third-order valence-corrected chi connectivity index (χ3v) is 5.96. The summed E-state index contributed by atoms with van der Waals surface area (Å²) in [5, 5.41) is 4.53. The van der Waals surface area contributed by atoms with E-state index in [1.807, 2.05) is 19.2 Å². The minimum Gasteiger partial charge on any atom is -0.365 e. The van der Waals surface area contributed by atoms with E-state index in [1.54, 1.807) is 11.3 Å². The Bertz CT molecular complexity index is 874. The second-order valence-corrected chi connectivity index (χ2v) is 7.63. The summed E-state index contributed by atoms with van der Waals surface area (Å²) in [5.41, 5.74) is 1.08. The number of anilines is 1. The molecule has 3 nitrogen and oxygen atoms in total. The number of rotatable bonds is 4. The number of fused-ring (bicyclic) bond motifs is 1. The van der Waals surface area contributed by atoms with Crippen molar-refractivity contribution in [3.8, 4) is 0 Å². The third-order valence-electron chi connectivity index (χ3n) is 4.99. The van der Waals surface area contributed by atoms with Gasteiger partial charge in [-0.2, -0.15) is 0 Å². The Hall–Kier alpha value is -2.33. The monoisotopic (exact) mass is 350 g/mol. The molecule has 1 unspecified atom stereocenters. The van der Waals surface area contributed by atoms with Crippen molar-refractivity contribution >= 4 is 33.7 Å². The van der Waals surface area contributed by atoms with Crippen LogP contribution < -0.4 is 4.90 Å². The zero-order valence-corrected chi connectivity index (χ0v) is 15.2. The van der Waals surface area contributed by atoms with Crippen LogP contribution in [-0.2, 0) is 4.79 Å². The lowest BCUT2D eigenvalue weighted by atomic mass is 10.1. The highest BCUT2D eigenvalue weighted by Gasteiger charge is 2.30. The molecule has 0 bridgehead atoms. The number of likely N-dealkylation sites (N-methyl/N-ethyl adjacent to an activating group) is 1. The molecule has 1 aliphatic rings. The molecule has 3 aromatic rings. The van der Waals surface area contributed by atoms with Crippen molar-refractivity contribution in [3.63, 3.8) is 0 Å². The van der Waals surface area contributed by atoms with Gasteiger partial charge in [0.2, 0.25) is 5.91 Å². The van der Waals surface area contributed by atoms with Crippen LogP contribution in [0.15, 0.2) is 60.0 Å². The van der Waals surface area contributed by atoms with E-state index in [4.69, 9.17) is 0 Å². The fourth-order valence-corrected chi connectivity index (χ4v) is 4.51. The van der Waals surface area contributed by atoms with Crippen LogP contribution in [0.5, 0.6) is 0 Å². The van der Waals surface area contributed by atoms with E-state index >= 15 is 0 Å². The smallest absolute Gasteiger partial charge is 0.242 e. The first-order valence-electron chi connectivity index (χ1n) is 8.75. The van der Waals surface area contributed by atoms with Crippen LogP contribution in [0.3, 0.4) is 0 Å². The SMILES string of the molecule is CN(CC(=O)N1CCCC1c1cccs1)c1ccc2ccccc2c1. The van der Waals surface area contributed by atoms with Crippen LogP contribution in [0.1, 0.15) is 23.8 Å². The first-order valence-corrected chi connectivity index (χ1v) is 9.63. The Morgan fingerprint density at radius 3 is 2.80 bits per heavy atom. The van der Waals surface area contributed by atoms with Gasteiger partial charge in [0.1, 0.15) is 0 Å². The number of benzene rings is 2. The summed E-state index contributed by atoms with van der Waals surface area (Å²) in [6.07, 6.45) is 2.17. The molecule has 0 saturated carbocycles. The van der Waals surface area contributed by atoms with Crippen molar-refractivity contribution in [1.82, 2.24) is 4.90 Å². The van der Waals surface area contributed by atoms with E-state index in [2.05, 4.69) is 57.6 Å². The molecular weight excluding hydrogens is 328 g/mol. The van der Waals surface area contributed by atoms with E-state index in [-0.39, 0.29) is 11.9 Å². The highest BCUT2D eigenvalue weighted by Crippen LogP contribution is 2.34. The molecule has 1 amide bonds. The second kappa shape index (κ2) is 6.89. The molecule has 0 radical (unpaired) electrons. The molecule has 4 rings (SSSR count). The molecule has 25 heavy (non-hydrogen) atoms. The predicted octanol–water partition coefficient (Wildman–Crippen LogP) is 4.70. The molecule has 128 valence electrons. The minimum absolute atomic E-state index is 0.214. The van der Waals surface area contributed by atoms with Gasteiger partial charge in [0.15, 0.2) is 0 Å². The van der Waals surface area contributed by atoms with Gasteiger partial charge in [-0.1, -0.05) is 36.4 Å². The van der Waals surface area contributed by atoms with Gasteiger partial charge in [-0.25, -0.2) is 0 Å². The zero-order chi connectivity index (χ0) is 17.2. The van der Waals surface area contributed by atoms with Crippen molar-refractivity contribution < 1.29 is 4.79 Å². The van der Waals surface area contributed by atoms with E-state index in [1.165, 1.54) is 15.6 Å². The fraction of sp³-hybridized carbons (Fsp3) is 0.286. The topological polar surface area (TPSA) is 23.6 Å². The molecule has 1 aliphatic heterocycles. The van der Waals surface area contributed by atoms with Crippen LogP contribution in [-0.4, -0.2) is 30.9 Å². The molecule has 0 N–H and O–H groups in total. The number of likely N-dealkylation sites (tertiary alicyclic amines) is 1. The summed E-state index contributed by atoms with van der Waals surface area (Å²) < 4.78 is 0. The van der Waals surface area contributed by atoms with Crippen molar-refractivity contribution in [1.29, 1.82) is 0 Å². The van der Waals surface area contributed by atoms with Gasteiger partial charge in [-0.05, 0) is 47.2 Å². The number of nitrogens with zero attached hydrogens (tertiary/aromatic N) is 2. The minimum atomic E-state index is 0.214. The number of amides is 1. The number of hydrogen-bond acceptors (Lipinski definition) is 3. The van der Waals surface area contributed by atoms with Crippen LogP contribution >= 0.6 is 11.3 Å². The van der Waals surface area contributed by atoms with Gasteiger partial charge in [-0.3, -0.25) is 4.79 Å².